The molecule has 1 amide bonds. The summed E-state index contributed by atoms with van der Waals surface area (Å²) in [7, 11) is 0. The third-order valence-electron chi connectivity index (χ3n) is 6.04. The average Bonchev–Trinajstić information content (AvgIpc) is 3.30. The largest absolute Gasteiger partial charge is 0.507 e. The van der Waals surface area contributed by atoms with Crippen molar-refractivity contribution < 1.29 is 19.4 Å². The van der Waals surface area contributed by atoms with Crippen LogP contribution in [0, 0.1) is 0 Å². The third kappa shape index (κ3) is 3.93. The molecule has 2 aliphatic heterocycles. The van der Waals surface area contributed by atoms with Crippen LogP contribution in [0.1, 0.15) is 35.2 Å². The highest BCUT2D eigenvalue weighted by molar-refractivity contribution is 6.47. The van der Waals surface area contributed by atoms with E-state index < -0.39 is 17.7 Å². The summed E-state index contributed by atoms with van der Waals surface area (Å²) in [5.41, 5.74) is 2.58. The highest BCUT2D eigenvalue weighted by atomic mass is 35.5. The van der Waals surface area contributed by atoms with Crippen molar-refractivity contribution in [2.24, 2.45) is 0 Å². The first-order valence-corrected chi connectivity index (χ1v) is 11.5. The summed E-state index contributed by atoms with van der Waals surface area (Å²) in [4.78, 5) is 31.9. The summed E-state index contributed by atoms with van der Waals surface area (Å²) in [5, 5.41) is 12.0. The van der Waals surface area contributed by atoms with Crippen LogP contribution in [0.4, 0.5) is 0 Å². The second kappa shape index (κ2) is 8.78. The minimum atomic E-state index is -0.895. The number of benzene rings is 2. The maximum absolute atomic E-state index is 13.2. The first-order valence-electron chi connectivity index (χ1n) is 10.8. The van der Waals surface area contributed by atoms with Gasteiger partial charge in [0, 0.05) is 41.0 Å². The van der Waals surface area contributed by atoms with Gasteiger partial charge >= 0.3 is 0 Å². The van der Waals surface area contributed by atoms with E-state index in [1.54, 1.807) is 54.9 Å². The lowest BCUT2D eigenvalue weighted by Crippen LogP contribution is -2.29. The lowest BCUT2D eigenvalue weighted by molar-refractivity contribution is -0.140. The molecule has 3 heterocycles. The number of rotatable bonds is 4. The standard InChI is InChI=1S/C26H20Cl2N2O4/c1-14-9-17-10-16(4-7-21(17)34-14)24(31)22-23(19-6-5-18(27)11-20(19)28)30(26(33)25(22)32)13-15-3-2-8-29-12-15/h2-8,10-12,14,23,31H,9,13H2,1H3/b24-22+. The summed E-state index contributed by atoms with van der Waals surface area (Å²) < 4.78 is 5.74. The molecule has 0 aliphatic carbocycles. The molecule has 5 rings (SSSR count). The molecule has 1 aromatic heterocycles. The summed E-state index contributed by atoms with van der Waals surface area (Å²) in [6.07, 6.45) is 3.98. The molecule has 3 aromatic rings. The zero-order chi connectivity index (χ0) is 24.0. The molecule has 172 valence electrons. The smallest absolute Gasteiger partial charge is 0.295 e. The fourth-order valence-electron chi connectivity index (χ4n) is 4.50. The highest BCUT2D eigenvalue weighted by Gasteiger charge is 2.46. The topological polar surface area (TPSA) is 79.7 Å². The Hall–Kier alpha value is -3.35. The monoisotopic (exact) mass is 494 g/mol. The Morgan fingerprint density at radius 3 is 2.74 bits per heavy atom. The first-order chi connectivity index (χ1) is 16.3. The van der Waals surface area contributed by atoms with Crippen LogP contribution >= 0.6 is 23.2 Å². The van der Waals surface area contributed by atoms with E-state index >= 15 is 0 Å². The minimum absolute atomic E-state index is 0.0231. The number of ketones is 1. The molecule has 2 unspecified atom stereocenters. The van der Waals surface area contributed by atoms with Gasteiger partial charge in [0.25, 0.3) is 11.7 Å². The van der Waals surface area contributed by atoms with Gasteiger partial charge in [0.15, 0.2) is 0 Å². The van der Waals surface area contributed by atoms with Crippen molar-refractivity contribution in [1.82, 2.24) is 9.88 Å². The molecule has 1 N–H and O–H groups in total. The predicted octanol–water partition coefficient (Wildman–Crippen LogP) is 5.33. The lowest BCUT2D eigenvalue weighted by atomic mass is 9.94. The number of ether oxygens (including phenoxy) is 1. The van der Waals surface area contributed by atoms with Gasteiger partial charge in [-0.1, -0.05) is 35.3 Å². The molecule has 0 bridgehead atoms. The number of carbonyl (C=O) groups is 2. The van der Waals surface area contributed by atoms with E-state index in [1.165, 1.54) is 4.90 Å². The number of hydrogen-bond donors (Lipinski definition) is 1. The zero-order valence-corrected chi connectivity index (χ0v) is 19.7. The molecule has 34 heavy (non-hydrogen) atoms. The molecular formula is C26H20Cl2N2O4. The second-order valence-corrected chi connectivity index (χ2v) is 9.25. The maximum Gasteiger partial charge on any atom is 0.295 e. The molecule has 0 spiro atoms. The van der Waals surface area contributed by atoms with Crippen LogP contribution < -0.4 is 4.74 Å². The van der Waals surface area contributed by atoms with Gasteiger partial charge in [-0.15, -0.1) is 0 Å². The van der Waals surface area contributed by atoms with Crippen molar-refractivity contribution >= 4 is 40.7 Å². The molecule has 2 aromatic carbocycles. The Labute approximate surface area is 206 Å². The number of amides is 1. The number of Topliss-reactive ketones (excluding diaryl/α,β-unsaturated/α-hetero) is 1. The van der Waals surface area contributed by atoms with E-state index in [2.05, 4.69) is 4.98 Å². The third-order valence-corrected chi connectivity index (χ3v) is 6.60. The molecule has 1 saturated heterocycles. The summed E-state index contributed by atoms with van der Waals surface area (Å²) >= 11 is 12.6. The zero-order valence-electron chi connectivity index (χ0n) is 18.2. The number of aliphatic hydroxyl groups excluding tert-OH is 1. The van der Waals surface area contributed by atoms with Gasteiger partial charge in [0.1, 0.15) is 17.6 Å². The van der Waals surface area contributed by atoms with Crippen LogP contribution in [-0.2, 0) is 22.6 Å². The molecule has 1 fully saturated rings. The molecule has 0 saturated carbocycles. The summed E-state index contributed by atoms with van der Waals surface area (Å²) in [6.45, 7) is 2.08. The number of pyridine rings is 1. The molecule has 2 aliphatic rings. The van der Waals surface area contributed by atoms with E-state index in [4.69, 9.17) is 27.9 Å². The Bertz CT molecular complexity index is 1340. The van der Waals surface area contributed by atoms with Gasteiger partial charge in [-0.25, -0.2) is 0 Å². The Morgan fingerprint density at radius 1 is 1.18 bits per heavy atom. The van der Waals surface area contributed by atoms with Crippen molar-refractivity contribution in [3.05, 3.63) is 98.8 Å². The summed E-state index contributed by atoms with van der Waals surface area (Å²) in [6, 6.07) is 12.8. The van der Waals surface area contributed by atoms with Crippen molar-refractivity contribution in [3.8, 4) is 5.75 Å². The fourth-order valence-corrected chi connectivity index (χ4v) is 5.01. The number of aromatic nitrogens is 1. The molecule has 0 radical (unpaired) electrons. The first kappa shape index (κ1) is 22.4. The van der Waals surface area contributed by atoms with Crippen LogP contribution in [0.2, 0.25) is 10.0 Å². The van der Waals surface area contributed by atoms with Gasteiger partial charge in [0.05, 0.1) is 11.6 Å². The minimum Gasteiger partial charge on any atom is -0.507 e. The lowest BCUT2D eigenvalue weighted by Gasteiger charge is -2.26. The van der Waals surface area contributed by atoms with Crippen molar-refractivity contribution in [1.29, 1.82) is 0 Å². The number of likely N-dealkylation sites (tertiary alicyclic amines) is 1. The predicted molar refractivity (Wildman–Crippen MR) is 129 cm³/mol. The number of halogens is 2. The van der Waals surface area contributed by atoms with Gasteiger partial charge in [0.2, 0.25) is 0 Å². The number of fused-ring (bicyclic) bond motifs is 1. The maximum atomic E-state index is 13.2. The van der Waals surface area contributed by atoms with Gasteiger partial charge in [-0.3, -0.25) is 14.6 Å². The van der Waals surface area contributed by atoms with Crippen LogP contribution in [-0.4, -0.2) is 32.8 Å². The van der Waals surface area contributed by atoms with Gasteiger partial charge < -0.3 is 14.7 Å². The van der Waals surface area contributed by atoms with Crippen LogP contribution in [0.5, 0.6) is 5.75 Å². The summed E-state index contributed by atoms with van der Waals surface area (Å²) in [5.74, 6) is -1.01. The number of aliphatic hydroxyl groups is 1. The Kier molecular flexibility index (Phi) is 5.80. The van der Waals surface area contributed by atoms with E-state index in [9.17, 15) is 14.7 Å². The SMILES string of the molecule is CC1Cc2cc(/C(O)=C3\C(=O)C(=O)N(Cc4cccnc4)C3c3ccc(Cl)cc3Cl)ccc2O1. The number of hydrogen-bond acceptors (Lipinski definition) is 5. The quantitative estimate of drug-likeness (QED) is 0.301. The highest BCUT2D eigenvalue weighted by Crippen LogP contribution is 2.43. The van der Waals surface area contributed by atoms with Crippen LogP contribution in [0.15, 0.2) is 66.5 Å². The normalized spacial score (nSPS) is 21.0. The van der Waals surface area contributed by atoms with Crippen molar-refractivity contribution in [2.75, 3.05) is 0 Å². The van der Waals surface area contributed by atoms with Crippen LogP contribution in [0.25, 0.3) is 5.76 Å². The number of carbonyl (C=O) groups excluding carboxylic acids is 2. The van der Waals surface area contributed by atoms with Gasteiger partial charge in [-0.05, 0) is 60.0 Å². The number of nitrogens with zero attached hydrogens (tertiary/aromatic N) is 2. The van der Waals surface area contributed by atoms with Crippen LogP contribution in [0.3, 0.4) is 0 Å². The van der Waals surface area contributed by atoms with E-state index in [-0.39, 0.29) is 29.0 Å². The average molecular weight is 495 g/mol. The Balaban J connectivity index is 1.66. The fraction of sp³-hybridized carbons (Fsp3) is 0.192. The molecule has 6 nitrogen and oxygen atoms in total. The van der Waals surface area contributed by atoms with E-state index in [1.807, 2.05) is 13.0 Å². The molecule has 8 heteroatoms. The molecular weight excluding hydrogens is 475 g/mol. The van der Waals surface area contributed by atoms with E-state index in [0.29, 0.717) is 22.6 Å². The van der Waals surface area contributed by atoms with Crippen molar-refractivity contribution in [2.45, 2.75) is 32.0 Å². The van der Waals surface area contributed by atoms with Crippen molar-refractivity contribution in [3.63, 3.8) is 0 Å². The van der Waals surface area contributed by atoms with E-state index in [0.717, 1.165) is 16.9 Å². The Morgan fingerprint density at radius 2 is 2.00 bits per heavy atom. The van der Waals surface area contributed by atoms with Gasteiger partial charge in [-0.2, -0.15) is 0 Å². The molecule has 2 atom stereocenters. The second-order valence-electron chi connectivity index (χ2n) is 8.41.